The van der Waals surface area contributed by atoms with E-state index in [-0.39, 0.29) is 5.78 Å². The highest BCUT2D eigenvalue weighted by atomic mass is 79.9. The van der Waals surface area contributed by atoms with Crippen LogP contribution in [0.25, 0.3) is 0 Å². The van der Waals surface area contributed by atoms with E-state index in [0.29, 0.717) is 5.56 Å². The molecule has 90 valence electrons. The van der Waals surface area contributed by atoms with Gasteiger partial charge in [0.25, 0.3) is 0 Å². The molecular formula is C11H11BrN2OS2. The Labute approximate surface area is 116 Å². The van der Waals surface area contributed by atoms with E-state index in [9.17, 15) is 4.79 Å². The van der Waals surface area contributed by atoms with Gasteiger partial charge in [0.05, 0.1) is 21.6 Å². The molecule has 2 rings (SSSR count). The van der Waals surface area contributed by atoms with E-state index >= 15 is 0 Å². The maximum atomic E-state index is 11.5. The summed E-state index contributed by atoms with van der Waals surface area (Å²) in [6.45, 7) is 4.15. The van der Waals surface area contributed by atoms with Crippen LogP contribution in [0.15, 0.2) is 15.9 Å². The molecule has 0 amide bonds. The predicted molar refractivity (Wildman–Crippen MR) is 76.2 cm³/mol. The molecule has 1 N–H and O–H groups in total. The number of halogens is 1. The van der Waals surface area contributed by atoms with Gasteiger partial charge in [0.1, 0.15) is 5.00 Å². The first-order valence-electron chi connectivity index (χ1n) is 5.03. The molecule has 0 aliphatic rings. The SMILES string of the molecule is CC(=O)c1c(C)nsc1NCc1ccc(Br)s1. The number of anilines is 1. The summed E-state index contributed by atoms with van der Waals surface area (Å²) in [6, 6.07) is 4.08. The smallest absolute Gasteiger partial charge is 0.164 e. The van der Waals surface area contributed by atoms with Gasteiger partial charge < -0.3 is 5.32 Å². The molecule has 0 saturated carbocycles. The van der Waals surface area contributed by atoms with Crippen molar-refractivity contribution in [1.29, 1.82) is 0 Å². The van der Waals surface area contributed by atoms with Crippen LogP contribution in [0, 0.1) is 6.92 Å². The largest absolute Gasteiger partial charge is 0.370 e. The van der Waals surface area contributed by atoms with Crippen LogP contribution in [0.4, 0.5) is 5.00 Å². The molecule has 0 aliphatic heterocycles. The van der Waals surface area contributed by atoms with Crippen LogP contribution in [0.5, 0.6) is 0 Å². The Morgan fingerprint density at radius 3 is 2.88 bits per heavy atom. The summed E-state index contributed by atoms with van der Waals surface area (Å²) in [5.41, 5.74) is 1.52. The van der Waals surface area contributed by atoms with E-state index < -0.39 is 0 Å². The first kappa shape index (κ1) is 12.7. The predicted octanol–water partition coefficient (Wildman–Crippen LogP) is 4.09. The third-order valence-electron chi connectivity index (χ3n) is 2.27. The topological polar surface area (TPSA) is 42.0 Å². The van der Waals surface area contributed by atoms with Crippen molar-refractivity contribution in [2.24, 2.45) is 0 Å². The van der Waals surface area contributed by atoms with Crippen molar-refractivity contribution in [1.82, 2.24) is 4.37 Å². The van der Waals surface area contributed by atoms with Crippen molar-refractivity contribution in [2.75, 3.05) is 5.32 Å². The Kier molecular flexibility index (Phi) is 3.96. The first-order chi connectivity index (χ1) is 8.08. The van der Waals surface area contributed by atoms with E-state index in [2.05, 4.69) is 31.7 Å². The molecule has 2 aromatic heterocycles. The van der Waals surface area contributed by atoms with E-state index in [4.69, 9.17) is 0 Å². The van der Waals surface area contributed by atoms with Gasteiger partial charge in [-0.05, 0) is 53.4 Å². The number of aromatic nitrogens is 1. The Morgan fingerprint density at radius 2 is 2.29 bits per heavy atom. The fourth-order valence-electron chi connectivity index (χ4n) is 1.52. The van der Waals surface area contributed by atoms with Gasteiger partial charge in [-0.2, -0.15) is 4.37 Å². The average Bonchev–Trinajstić information content (AvgIpc) is 2.82. The Balaban J connectivity index is 2.11. The molecule has 0 aromatic carbocycles. The van der Waals surface area contributed by atoms with Gasteiger partial charge >= 0.3 is 0 Å². The lowest BCUT2D eigenvalue weighted by molar-refractivity contribution is 0.101. The summed E-state index contributed by atoms with van der Waals surface area (Å²) in [5, 5.41) is 4.13. The molecule has 17 heavy (non-hydrogen) atoms. The maximum Gasteiger partial charge on any atom is 0.164 e. The Bertz CT molecular complexity index is 547. The summed E-state index contributed by atoms with van der Waals surface area (Å²) >= 11 is 6.45. The van der Waals surface area contributed by atoms with E-state index in [1.807, 2.05) is 13.0 Å². The molecule has 0 aliphatic carbocycles. The molecule has 2 aromatic rings. The average molecular weight is 331 g/mol. The van der Waals surface area contributed by atoms with Crippen molar-refractivity contribution < 1.29 is 4.79 Å². The molecule has 0 radical (unpaired) electrons. The fourth-order valence-corrected chi connectivity index (χ4v) is 3.78. The second-order valence-electron chi connectivity index (χ2n) is 3.59. The number of aryl methyl sites for hydroxylation is 1. The third-order valence-corrected chi connectivity index (χ3v) is 4.79. The van der Waals surface area contributed by atoms with Crippen LogP contribution in [0.1, 0.15) is 27.9 Å². The highest BCUT2D eigenvalue weighted by Gasteiger charge is 2.14. The van der Waals surface area contributed by atoms with E-state index in [1.54, 1.807) is 18.3 Å². The molecule has 3 nitrogen and oxygen atoms in total. The standard InChI is InChI=1S/C11H11BrN2OS2/c1-6-10(7(2)15)11(17-14-6)13-5-8-3-4-9(12)16-8/h3-4,13H,5H2,1-2H3. The number of carbonyl (C=O) groups is 1. The number of ketones is 1. The van der Waals surface area contributed by atoms with Crippen LogP contribution in [-0.2, 0) is 6.54 Å². The summed E-state index contributed by atoms with van der Waals surface area (Å²) < 4.78 is 5.32. The van der Waals surface area contributed by atoms with E-state index in [0.717, 1.165) is 21.0 Å². The molecule has 6 heteroatoms. The maximum absolute atomic E-state index is 11.5. The minimum atomic E-state index is 0.0612. The number of hydrogen-bond donors (Lipinski definition) is 1. The molecule has 0 bridgehead atoms. The third kappa shape index (κ3) is 2.94. The van der Waals surface area contributed by atoms with Crippen molar-refractivity contribution in [3.63, 3.8) is 0 Å². The number of thiophene rings is 1. The van der Waals surface area contributed by atoms with Gasteiger partial charge in [-0.15, -0.1) is 11.3 Å². The summed E-state index contributed by atoms with van der Waals surface area (Å²) in [7, 11) is 0. The number of rotatable bonds is 4. The molecule has 0 fully saturated rings. The van der Waals surface area contributed by atoms with Crippen molar-refractivity contribution in [2.45, 2.75) is 20.4 Å². The normalized spacial score (nSPS) is 10.5. The van der Waals surface area contributed by atoms with Crippen molar-refractivity contribution in [3.8, 4) is 0 Å². The Hall–Kier alpha value is -0.720. The number of Topliss-reactive ketones (excluding diaryl/α,β-unsaturated/α-hetero) is 1. The minimum absolute atomic E-state index is 0.0612. The van der Waals surface area contributed by atoms with Gasteiger partial charge in [-0.1, -0.05) is 0 Å². The first-order valence-corrected chi connectivity index (χ1v) is 7.41. The van der Waals surface area contributed by atoms with Gasteiger partial charge in [0.15, 0.2) is 5.78 Å². The zero-order chi connectivity index (χ0) is 12.4. The highest BCUT2D eigenvalue weighted by Crippen LogP contribution is 2.27. The Morgan fingerprint density at radius 1 is 1.53 bits per heavy atom. The molecule has 0 saturated heterocycles. The summed E-state index contributed by atoms with van der Waals surface area (Å²) in [6.07, 6.45) is 0. The lowest BCUT2D eigenvalue weighted by atomic mass is 10.2. The second-order valence-corrected chi connectivity index (χ2v) is 6.91. The summed E-state index contributed by atoms with van der Waals surface area (Å²) in [5.74, 6) is 0.0612. The van der Waals surface area contributed by atoms with Crippen LogP contribution in [0.3, 0.4) is 0 Å². The van der Waals surface area contributed by atoms with Gasteiger partial charge in [0, 0.05) is 4.88 Å². The quantitative estimate of drug-likeness (QED) is 0.858. The van der Waals surface area contributed by atoms with E-state index in [1.165, 1.54) is 16.4 Å². The number of nitrogens with one attached hydrogen (secondary N) is 1. The minimum Gasteiger partial charge on any atom is -0.370 e. The lowest BCUT2D eigenvalue weighted by Gasteiger charge is -2.03. The lowest BCUT2D eigenvalue weighted by Crippen LogP contribution is -2.02. The molecule has 0 spiro atoms. The van der Waals surface area contributed by atoms with Crippen molar-refractivity contribution >= 4 is 49.6 Å². The zero-order valence-corrected chi connectivity index (χ0v) is 12.6. The van der Waals surface area contributed by atoms with Crippen LogP contribution < -0.4 is 5.32 Å². The highest BCUT2D eigenvalue weighted by molar-refractivity contribution is 9.11. The van der Waals surface area contributed by atoms with Gasteiger partial charge in [0.2, 0.25) is 0 Å². The fraction of sp³-hybridized carbons (Fsp3) is 0.273. The van der Waals surface area contributed by atoms with Crippen LogP contribution >= 0.6 is 38.8 Å². The van der Waals surface area contributed by atoms with Gasteiger partial charge in [-0.3, -0.25) is 4.79 Å². The monoisotopic (exact) mass is 330 g/mol. The van der Waals surface area contributed by atoms with Crippen LogP contribution in [-0.4, -0.2) is 10.2 Å². The number of hydrogen-bond acceptors (Lipinski definition) is 5. The summed E-state index contributed by atoms with van der Waals surface area (Å²) in [4.78, 5) is 12.7. The molecule has 2 heterocycles. The zero-order valence-electron chi connectivity index (χ0n) is 9.41. The van der Waals surface area contributed by atoms with Crippen molar-refractivity contribution in [3.05, 3.63) is 32.1 Å². The molecule has 0 unspecified atom stereocenters. The molecule has 0 atom stereocenters. The van der Waals surface area contributed by atoms with Crippen LogP contribution in [0.2, 0.25) is 0 Å². The second kappa shape index (κ2) is 5.29. The van der Waals surface area contributed by atoms with Gasteiger partial charge in [-0.25, -0.2) is 0 Å². The number of nitrogens with zero attached hydrogens (tertiary/aromatic N) is 1. The number of carbonyl (C=O) groups excluding carboxylic acids is 1. The molecular weight excluding hydrogens is 320 g/mol.